The number of nitrogens with zero attached hydrogens (tertiary/aromatic N) is 3. The van der Waals surface area contributed by atoms with Crippen molar-refractivity contribution in [1.29, 1.82) is 0 Å². The van der Waals surface area contributed by atoms with Crippen molar-refractivity contribution < 1.29 is 4.52 Å². The third kappa shape index (κ3) is 7.45. The summed E-state index contributed by atoms with van der Waals surface area (Å²) in [7, 11) is 0. The van der Waals surface area contributed by atoms with Crippen LogP contribution in [0.4, 0.5) is 0 Å². The number of rotatable bonds is 9. The monoisotopic (exact) mass is 349 g/mol. The Bertz CT molecular complexity index is 506. The second-order valence-corrected chi connectivity index (χ2v) is 7.28. The molecular formula is C19H35N5O. The molecule has 6 nitrogen and oxygen atoms in total. The molecule has 2 N–H and O–H groups in total. The first-order valence-electron chi connectivity index (χ1n) is 10.0. The van der Waals surface area contributed by atoms with Crippen LogP contribution >= 0.6 is 0 Å². The van der Waals surface area contributed by atoms with Crippen LogP contribution in [0.5, 0.6) is 0 Å². The summed E-state index contributed by atoms with van der Waals surface area (Å²) < 4.78 is 5.27. The molecule has 0 bridgehead atoms. The Morgan fingerprint density at radius 2 is 2.04 bits per heavy atom. The van der Waals surface area contributed by atoms with E-state index < -0.39 is 0 Å². The first kappa shape index (κ1) is 19.7. The second-order valence-electron chi connectivity index (χ2n) is 7.28. The summed E-state index contributed by atoms with van der Waals surface area (Å²) in [5.41, 5.74) is 0. The molecule has 2 rings (SSSR count). The Morgan fingerprint density at radius 1 is 1.24 bits per heavy atom. The summed E-state index contributed by atoms with van der Waals surface area (Å²) in [4.78, 5) is 9.09. The normalized spacial score (nSPS) is 16.4. The van der Waals surface area contributed by atoms with E-state index >= 15 is 0 Å². The standard InChI is InChI=1S/C19H35N5O/c1-4-20-19(21-13-8-11-16-9-6-5-7-10-16)22-14-12-17-23-18(15(2)3)24-25-17/h15-16H,4-14H2,1-3H3,(H2,20,21,22). The fraction of sp³-hybridized carbons (Fsp3) is 0.842. The van der Waals surface area contributed by atoms with Crippen LogP contribution in [0.2, 0.25) is 0 Å². The van der Waals surface area contributed by atoms with Crippen molar-refractivity contribution in [2.75, 3.05) is 19.6 Å². The van der Waals surface area contributed by atoms with Crippen molar-refractivity contribution >= 4 is 5.96 Å². The molecule has 0 aromatic carbocycles. The summed E-state index contributed by atoms with van der Waals surface area (Å²) >= 11 is 0. The van der Waals surface area contributed by atoms with Crippen LogP contribution in [0.3, 0.4) is 0 Å². The van der Waals surface area contributed by atoms with E-state index in [0.29, 0.717) is 18.2 Å². The summed E-state index contributed by atoms with van der Waals surface area (Å²) in [5.74, 6) is 3.58. The number of aliphatic imine (C=N–C) groups is 1. The van der Waals surface area contributed by atoms with Crippen LogP contribution < -0.4 is 10.6 Å². The highest BCUT2D eigenvalue weighted by Crippen LogP contribution is 2.27. The molecule has 1 aliphatic carbocycles. The minimum atomic E-state index is 0.300. The average molecular weight is 350 g/mol. The minimum absolute atomic E-state index is 0.300. The van der Waals surface area contributed by atoms with E-state index in [4.69, 9.17) is 9.52 Å². The molecule has 1 aromatic rings. The van der Waals surface area contributed by atoms with Crippen molar-refractivity contribution in [1.82, 2.24) is 20.8 Å². The SMILES string of the molecule is CCNC(=NCCCC1CCCCC1)NCCc1nc(C(C)C)no1. The highest BCUT2D eigenvalue weighted by atomic mass is 16.5. The Labute approximate surface area is 152 Å². The molecule has 0 spiro atoms. The Kier molecular flexibility index (Phi) is 8.77. The third-order valence-electron chi connectivity index (χ3n) is 4.74. The molecular weight excluding hydrogens is 314 g/mol. The van der Waals surface area contributed by atoms with Crippen LogP contribution in [0.25, 0.3) is 0 Å². The van der Waals surface area contributed by atoms with Crippen LogP contribution in [0, 0.1) is 5.92 Å². The highest BCUT2D eigenvalue weighted by molar-refractivity contribution is 5.79. The van der Waals surface area contributed by atoms with Crippen molar-refractivity contribution in [2.24, 2.45) is 10.9 Å². The molecule has 1 heterocycles. The first-order valence-corrected chi connectivity index (χ1v) is 10.0. The lowest BCUT2D eigenvalue weighted by Crippen LogP contribution is -2.38. The Hall–Kier alpha value is -1.59. The number of nitrogens with one attached hydrogen (secondary N) is 2. The van der Waals surface area contributed by atoms with Crippen LogP contribution in [0.15, 0.2) is 9.52 Å². The van der Waals surface area contributed by atoms with E-state index in [1.165, 1.54) is 44.9 Å². The lowest BCUT2D eigenvalue weighted by molar-refractivity contribution is 0.334. The number of guanidine groups is 1. The van der Waals surface area contributed by atoms with Gasteiger partial charge in [0.25, 0.3) is 0 Å². The maximum Gasteiger partial charge on any atom is 0.228 e. The molecule has 25 heavy (non-hydrogen) atoms. The average Bonchev–Trinajstić information content (AvgIpc) is 3.09. The molecule has 142 valence electrons. The number of hydrogen-bond donors (Lipinski definition) is 2. The Morgan fingerprint density at radius 3 is 2.72 bits per heavy atom. The van der Waals surface area contributed by atoms with Gasteiger partial charge in [-0.2, -0.15) is 4.98 Å². The maximum absolute atomic E-state index is 5.27. The molecule has 1 saturated carbocycles. The zero-order valence-electron chi connectivity index (χ0n) is 16.2. The van der Waals surface area contributed by atoms with Gasteiger partial charge in [0.05, 0.1) is 0 Å². The van der Waals surface area contributed by atoms with Gasteiger partial charge in [0.1, 0.15) is 0 Å². The van der Waals surface area contributed by atoms with E-state index in [1.807, 2.05) is 0 Å². The first-order chi connectivity index (χ1) is 12.2. The van der Waals surface area contributed by atoms with E-state index in [-0.39, 0.29) is 0 Å². The summed E-state index contributed by atoms with van der Waals surface area (Å²) in [6, 6.07) is 0. The van der Waals surface area contributed by atoms with Gasteiger partial charge >= 0.3 is 0 Å². The Balaban J connectivity index is 1.67. The predicted molar refractivity (Wildman–Crippen MR) is 102 cm³/mol. The molecule has 0 atom stereocenters. The van der Waals surface area contributed by atoms with Crippen LogP contribution in [-0.4, -0.2) is 35.7 Å². The second kappa shape index (κ2) is 11.1. The lowest BCUT2D eigenvalue weighted by Gasteiger charge is -2.20. The molecule has 0 saturated heterocycles. The fourth-order valence-electron chi connectivity index (χ4n) is 3.28. The molecule has 0 aliphatic heterocycles. The fourth-order valence-corrected chi connectivity index (χ4v) is 3.28. The van der Waals surface area contributed by atoms with Gasteiger partial charge in [-0.15, -0.1) is 0 Å². The minimum Gasteiger partial charge on any atom is -0.357 e. The quantitative estimate of drug-likeness (QED) is 0.404. The van der Waals surface area contributed by atoms with Crippen LogP contribution in [-0.2, 0) is 6.42 Å². The largest absolute Gasteiger partial charge is 0.357 e. The van der Waals surface area contributed by atoms with Crippen LogP contribution in [0.1, 0.15) is 83.3 Å². The summed E-state index contributed by atoms with van der Waals surface area (Å²) in [6.07, 6.45) is 10.3. The summed E-state index contributed by atoms with van der Waals surface area (Å²) in [5, 5.41) is 10.7. The van der Waals surface area contributed by atoms with Crippen molar-refractivity contribution in [2.45, 2.75) is 78.1 Å². The molecule has 1 aromatic heterocycles. The lowest BCUT2D eigenvalue weighted by atomic mass is 9.86. The van der Waals surface area contributed by atoms with E-state index in [2.05, 4.69) is 41.5 Å². The third-order valence-corrected chi connectivity index (χ3v) is 4.74. The number of aromatic nitrogens is 2. The zero-order chi connectivity index (χ0) is 17.9. The van der Waals surface area contributed by atoms with Gasteiger partial charge in [0, 0.05) is 32.0 Å². The number of hydrogen-bond acceptors (Lipinski definition) is 4. The van der Waals surface area contributed by atoms with E-state index in [1.54, 1.807) is 0 Å². The van der Waals surface area contributed by atoms with Gasteiger partial charge in [-0.25, -0.2) is 0 Å². The molecule has 1 fully saturated rings. The van der Waals surface area contributed by atoms with E-state index in [0.717, 1.165) is 37.3 Å². The van der Waals surface area contributed by atoms with Crippen molar-refractivity contribution in [3.63, 3.8) is 0 Å². The van der Waals surface area contributed by atoms with Gasteiger partial charge in [0.15, 0.2) is 11.8 Å². The van der Waals surface area contributed by atoms with Crippen molar-refractivity contribution in [3.8, 4) is 0 Å². The van der Waals surface area contributed by atoms with Gasteiger partial charge in [-0.05, 0) is 25.7 Å². The molecule has 6 heteroatoms. The topological polar surface area (TPSA) is 75.3 Å². The van der Waals surface area contributed by atoms with Gasteiger partial charge in [-0.3, -0.25) is 4.99 Å². The summed E-state index contributed by atoms with van der Waals surface area (Å²) in [6.45, 7) is 8.73. The highest BCUT2D eigenvalue weighted by Gasteiger charge is 2.12. The van der Waals surface area contributed by atoms with Gasteiger partial charge in [0.2, 0.25) is 5.89 Å². The van der Waals surface area contributed by atoms with Crippen molar-refractivity contribution in [3.05, 3.63) is 11.7 Å². The molecule has 1 aliphatic rings. The maximum atomic E-state index is 5.27. The predicted octanol–water partition coefficient (Wildman–Crippen LogP) is 3.65. The van der Waals surface area contributed by atoms with Gasteiger partial charge < -0.3 is 15.2 Å². The van der Waals surface area contributed by atoms with Gasteiger partial charge in [-0.1, -0.05) is 51.1 Å². The van der Waals surface area contributed by atoms with E-state index in [9.17, 15) is 0 Å². The smallest absolute Gasteiger partial charge is 0.228 e. The molecule has 0 amide bonds. The zero-order valence-corrected chi connectivity index (χ0v) is 16.2. The molecule has 0 unspecified atom stereocenters. The molecule has 0 radical (unpaired) electrons.